The van der Waals surface area contributed by atoms with Crippen LogP contribution in [0.1, 0.15) is 148 Å². The zero-order chi connectivity index (χ0) is 27.2. The minimum absolute atomic E-state index is 0. The third kappa shape index (κ3) is 17.2. The Bertz CT molecular complexity index is 939. The minimum atomic E-state index is -3.71. The molecule has 0 spiro atoms. The van der Waals surface area contributed by atoms with Crippen LogP contribution in [0.3, 0.4) is 0 Å². The third-order valence-electron chi connectivity index (χ3n) is 7.76. The monoisotopic (exact) mass is 567 g/mol. The molecular weight excluding hydrogens is 511 g/mol. The molecule has 0 saturated carbocycles. The molecule has 0 atom stereocenters. The number of rotatable bonds is 25. The summed E-state index contributed by atoms with van der Waals surface area (Å²) in [7, 11) is -3.71. The van der Waals surface area contributed by atoms with Crippen LogP contribution in [0.15, 0.2) is 47.4 Å². The summed E-state index contributed by atoms with van der Waals surface area (Å²) in [5.74, 6) is 0. The van der Waals surface area contributed by atoms with Crippen LogP contribution in [0.2, 0.25) is 0 Å². The molecule has 2 aromatic rings. The SMILES string of the molecule is CCCCCCCCCCCCCCCCCCCCCCCCOS(=O)(=O)c1cccc2ccccc12.[Na]. The molecule has 0 unspecified atom stereocenters. The van der Waals surface area contributed by atoms with Gasteiger partial charge in [0.15, 0.2) is 0 Å². The van der Waals surface area contributed by atoms with Crippen LogP contribution >= 0.6 is 0 Å². The van der Waals surface area contributed by atoms with Crippen LogP contribution in [0.5, 0.6) is 0 Å². The standard InChI is InChI=1S/C34H56O3S.Na/c1-2-3-4-5-6-7-8-9-10-11-12-13-14-15-16-17-18-19-20-21-22-25-31-37-38(35,36)34-30-26-28-32-27-23-24-29-33(32)34;/h23-24,26-30H,2-22,25,31H2,1H3;. The molecule has 3 nitrogen and oxygen atoms in total. The van der Waals surface area contributed by atoms with Crippen molar-refractivity contribution >= 4 is 50.4 Å². The molecule has 0 bridgehead atoms. The Hall–Kier alpha value is -0.390. The van der Waals surface area contributed by atoms with Gasteiger partial charge >= 0.3 is 0 Å². The first kappa shape index (κ1) is 36.6. The summed E-state index contributed by atoms with van der Waals surface area (Å²) in [4.78, 5) is 0.273. The predicted molar refractivity (Wildman–Crippen MR) is 170 cm³/mol. The molecule has 0 heterocycles. The molecule has 0 aliphatic carbocycles. The average molecular weight is 568 g/mol. The van der Waals surface area contributed by atoms with Gasteiger partial charge in [-0.1, -0.05) is 178 Å². The van der Waals surface area contributed by atoms with Crippen molar-refractivity contribution in [1.29, 1.82) is 0 Å². The Balaban J connectivity index is 0.00000760. The van der Waals surface area contributed by atoms with E-state index >= 15 is 0 Å². The fourth-order valence-corrected chi connectivity index (χ4v) is 6.52. The second-order valence-electron chi connectivity index (χ2n) is 11.2. The van der Waals surface area contributed by atoms with Gasteiger partial charge in [0, 0.05) is 34.9 Å². The molecule has 0 aromatic heterocycles. The molecule has 0 amide bonds. The van der Waals surface area contributed by atoms with Crippen LogP contribution in [-0.4, -0.2) is 44.6 Å². The number of fused-ring (bicyclic) bond motifs is 1. The van der Waals surface area contributed by atoms with Gasteiger partial charge < -0.3 is 0 Å². The molecule has 2 aromatic carbocycles. The summed E-state index contributed by atoms with van der Waals surface area (Å²) >= 11 is 0. The Morgan fingerprint density at radius 1 is 0.513 bits per heavy atom. The van der Waals surface area contributed by atoms with Gasteiger partial charge in [0.25, 0.3) is 10.1 Å². The number of hydrogen-bond donors (Lipinski definition) is 0. The van der Waals surface area contributed by atoms with E-state index in [4.69, 9.17) is 4.18 Å². The van der Waals surface area contributed by atoms with Crippen molar-refractivity contribution in [1.82, 2.24) is 0 Å². The Morgan fingerprint density at radius 3 is 1.36 bits per heavy atom. The van der Waals surface area contributed by atoms with Gasteiger partial charge in [-0.15, -0.1) is 0 Å². The topological polar surface area (TPSA) is 43.4 Å². The van der Waals surface area contributed by atoms with Crippen LogP contribution < -0.4 is 0 Å². The minimum Gasteiger partial charge on any atom is -0.266 e. The third-order valence-corrected chi connectivity index (χ3v) is 9.13. The van der Waals surface area contributed by atoms with Gasteiger partial charge in [0.2, 0.25) is 0 Å². The van der Waals surface area contributed by atoms with Gasteiger partial charge in [0.1, 0.15) is 4.90 Å². The molecule has 0 aliphatic heterocycles. The molecule has 2 rings (SSSR count). The first-order valence-corrected chi connectivity index (χ1v) is 17.4. The molecule has 39 heavy (non-hydrogen) atoms. The summed E-state index contributed by atoms with van der Waals surface area (Å²) in [5, 5.41) is 1.64. The summed E-state index contributed by atoms with van der Waals surface area (Å²) in [6.45, 7) is 2.56. The second kappa shape index (κ2) is 24.2. The molecule has 0 saturated heterocycles. The number of hydrogen-bond acceptors (Lipinski definition) is 3. The van der Waals surface area contributed by atoms with Gasteiger partial charge in [-0.05, 0) is 17.9 Å². The van der Waals surface area contributed by atoms with Gasteiger partial charge in [-0.2, -0.15) is 8.42 Å². The number of unbranched alkanes of at least 4 members (excludes halogenated alkanes) is 21. The summed E-state index contributed by atoms with van der Waals surface area (Å²) < 4.78 is 30.6. The fourth-order valence-electron chi connectivity index (χ4n) is 5.36. The summed E-state index contributed by atoms with van der Waals surface area (Å²) in [6.07, 6.45) is 29.7. The Morgan fingerprint density at radius 2 is 0.897 bits per heavy atom. The quantitative estimate of drug-likeness (QED) is 0.0681. The summed E-state index contributed by atoms with van der Waals surface area (Å²) in [6, 6.07) is 12.9. The van der Waals surface area contributed by atoms with Gasteiger partial charge in [0.05, 0.1) is 6.61 Å². The van der Waals surface area contributed by atoms with Crippen molar-refractivity contribution in [3.8, 4) is 0 Å². The van der Waals surface area contributed by atoms with E-state index in [-0.39, 0.29) is 41.1 Å². The van der Waals surface area contributed by atoms with Crippen LogP contribution in [0.4, 0.5) is 0 Å². The smallest absolute Gasteiger partial charge is 0.266 e. The van der Waals surface area contributed by atoms with E-state index in [1.54, 1.807) is 12.1 Å². The maximum Gasteiger partial charge on any atom is 0.297 e. The van der Waals surface area contributed by atoms with Crippen molar-refractivity contribution in [2.24, 2.45) is 0 Å². The Labute approximate surface area is 263 Å². The van der Waals surface area contributed by atoms with E-state index in [0.717, 1.165) is 30.0 Å². The maximum absolute atomic E-state index is 12.6. The average Bonchev–Trinajstić information content (AvgIpc) is 2.93. The van der Waals surface area contributed by atoms with E-state index in [0.29, 0.717) is 0 Å². The van der Waals surface area contributed by atoms with Crippen LogP contribution in [-0.2, 0) is 14.3 Å². The van der Waals surface area contributed by atoms with E-state index < -0.39 is 10.1 Å². The fraction of sp³-hybridized carbons (Fsp3) is 0.706. The predicted octanol–water partition coefficient (Wildman–Crippen LogP) is 10.8. The van der Waals surface area contributed by atoms with E-state index in [1.165, 1.54) is 122 Å². The van der Waals surface area contributed by atoms with E-state index in [1.807, 2.05) is 30.3 Å². The molecule has 217 valence electrons. The number of benzene rings is 2. The molecule has 0 aliphatic rings. The summed E-state index contributed by atoms with van der Waals surface area (Å²) in [5.41, 5.74) is 0. The molecule has 1 radical (unpaired) electrons. The van der Waals surface area contributed by atoms with Crippen molar-refractivity contribution < 1.29 is 12.6 Å². The van der Waals surface area contributed by atoms with Crippen molar-refractivity contribution in [3.05, 3.63) is 42.5 Å². The van der Waals surface area contributed by atoms with Gasteiger partial charge in [-0.3, -0.25) is 4.18 Å². The van der Waals surface area contributed by atoms with E-state index in [9.17, 15) is 8.42 Å². The normalized spacial score (nSPS) is 11.6. The van der Waals surface area contributed by atoms with E-state index in [2.05, 4.69) is 6.92 Å². The largest absolute Gasteiger partial charge is 0.297 e. The second-order valence-corrected chi connectivity index (χ2v) is 12.8. The van der Waals surface area contributed by atoms with Crippen molar-refractivity contribution in [3.63, 3.8) is 0 Å². The van der Waals surface area contributed by atoms with Crippen molar-refractivity contribution in [2.45, 2.75) is 153 Å². The maximum atomic E-state index is 12.6. The first-order chi connectivity index (χ1) is 18.6. The van der Waals surface area contributed by atoms with Crippen molar-refractivity contribution in [2.75, 3.05) is 6.61 Å². The zero-order valence-corrected chi connectivity index (χ0v) is 28.3. The Kier molecular flexibility index (Phi) is 22.8. The van der Waals surface area contributed by atoms with Gasteiger partial charge in [-0.25, -0.2) is 0 Å². The zero-order valence-electron chi connectivity index (χ0n) is 25.4. The molecular formula is C34H56NaO3S. The molecule has 0 fully saturated rings. The molecule has 5 heteroatoms. The van der Waals surface area contributed by atoms with Crippen LogP contribution in [0.25, 0.3) is 10.8 Å². The molecule has 0 N–H and O–H groups in total. The van der Waals surface area contributed by atoms with Crippen LogP contribution in [0, 0.1) is 0 Å². The first-order valence-electron chi connectivity index (χ1n) is 16.0.